The van der Waals surface area contributed by atoms with E-state index in [0.29, 0.717) is 29.7 Å². The van der Waals surface area contributed by atoms with Gasteiger partial charge in [0.15, 0.2) is 5.82 Å². The smallest absolute Gasteiger partial charge is 0.268 e. The Bertz CT molecular complexity index is 1650. The minimum Gasteiger partial charge on any atom is -0.350 e. The van der Waals surface area contributed by atoms with Crippen molar-refractivity contribution in [1.82, 2.24) is 24.1 Å². The molecule has 2 aromatic carbocycles. The molecule has 1 aliphatic carbocycles. The summed E-state index contributed by atoms with van der Waals surface area (Å²) in [6.07, 6.45) is 5.69. The molecule has 0 bridgehead atoms. The summed E-state index contributed by atoms with van der Waals surface area (Å²) in [6.45, 7) is 2.36. The van der Waals surface area contributed by atoms with Gasteiger partial charge in [0.1, 0.15) is 5.82 Å². The third-order valence-corrected chi connectivity index (χ3v) is 8.03. The Morgan fingerprint density at radius 3 is 2.69 bits per heavy atom. The molecule has 0 spiro atoms. The highest BCUT2D eigenvalue weighted by atomic mass is 32.2. The van der Waals surface area contributed by atoms with Gasteiger partial charge in [-0.2, -0.15) is 10.1 Å². The van der Waals surface area contributed by atoms with Crippen LogP contribution in [0.4, 0.5) is 17.6 Å². The van der Waals surface area contributed by atoms with Crippen molar-refractivity contribution in [2.75, 3.05) is 10.6 Å². The van der Waals surface area contributed by atoms with Crippen molar-refractivity contribution in [3.8, 4) is 0 Å². The van der Waals surface area contributed by atoms with Crippen LogP contribution in [-0.4, -0.2) is 32.6 Å². The highest BCUT2D eigenvalue weighted by Crippen LogP contribution is 2.39. The van der Waals surface area contributed by atoms with Crippen molar-refractivity contribution >= 4 is 38.5 Å². The number of fused-ring (bicyclic) bond motifs is 1. The zero-order valence-electron chi connectivity index (χ0n) is 19.6. The molecule has 1 aliphatic rings. The maximum atomic E-state index is 13.3. The molecule has 0 amide bonds. The predicted octanol–water partition coefficient (Wildman–Crippen LogP) is 4.93. The molecule has 3 aromatic heterocycles. The van der Waals surface area contributed by atoms with Gasteiger partial charge in [-0.25, -0.2) is 17.4 Å². The maximum Gasteiger partial charge on any atom is 0.268 e. The molecule has 182 valence electrons. The van der Waals surface area contributed by atoms with Crippen LogP contribution in [-0.2, 0) is 16.6 Å². The van der Waals surface area contributed by atoms with Crippen molar-refractivity contribution in [2.45, 2.75) is 37.1 Å². The van der Waals surface area contributed by atoms with E-state index >= 15 is 0 Å². The fourth-order valence-corrected chi connectivity index (χ4v) is 5.56. The number of anilines is 3. The fraction of sp³-hybridized carbons (Fsp3) is 0.192. The molecule has 1 fully saturated rings. The second kappa shape index (κ2) is 8.80. The molecule has 3 N–H and O–H groups in total. The molecule has 10 heteroatoms. The summed E-state index contributed by atoms with van der Waals surface area (Å²) >= 11 is 0. The van der Waals surface area contributed by atoms with Crippen LogP contribution in [0.5, 0.6) is 0 Å². The normalized spacial score (nSPS) is 13.7. The minimum atomic E-state index is -3.70. The molecule has 1 saturated carbocycles. The molecule has 0 unspecified atom stereocenters. The van der Waals surface area contributed by atoms with Crippen molar-refractivity contribution in [1.29, 1.82) is 0 Å². The molecule has 0 saturated heterocycles. The summed E-state index contributed by atoms with van der Waals surface area (Å²) in [5.74, 6) is 2.42. The number of benzene rings is 2. The van der Waals surface area contributed by atoms with Gasteiger partial charge in [0.2, 0.25) is 5.95 Å². The summed E-state index contributed by atoms with van der Waals surface area (Å²) in [7, 11) is -3.70. The van der Waals surface area contributed by atoms with E-state index in [2.05, 4.69) is 30.8 Å². The van der Waals surface area contributed by atoms with Crippen LogP contribution in [0.15, 0.2) is 78.0 Å². The van der Waals surface area contributed by atoms with Crippen molar-refractivity contribution in [2.24, 2.45) is 0 Å². The van der Waals surface area contributed by atoms with Gasteiger partial charge < -0.3 is 10.6 Å². The van der Waals surface area contributed by atoms with Crippen LogP contribution in [0.25, 0.3) is 10.9 Å². The largest absolute Gasteiger partial charge is 0.350 e. The molecule has 36 heavy (non-hydrogen) atoms. The first-order chi connectivity index (χ1) is 17.5. The zero-order chi connectivity index (χ0) is 24.7. The average molecular weight is 500 g/mol. The molecule has 0 atom stereocenters. The van der Waals surface area contributed by atoms with Crippen molar-refractivity contribution < 1.29 is 8.42 Å². The summed E-state index contributed by atoms with van der Waals surface area (Å²) in [6, 6.07) is 18.1. The first-order valence-corrected chi connectivity index (χ1v) is 13.2. The van der Waals surface area contributed by atoms with Gasteiger partial charge in [-0.3, -0.25) is 5.10 Å². The van der Waals surface area contributed by atoms with Crippen LogP contribution < -0.4 is 10.6 Å². The average Bonchev–Trinajstić information content (AvgIpc) is 3.45. The Hall–Kier alpha value is -4.18. The van der Waals surface area contributed by atoms with Crippen LogP contribution >= 0.6 is 0 Å². The number of nitrogens with zero attached hydrogens (tertiary/aromatic N) is 4. The minimum absolute atomic E-state index is 0.257. The van der Waals surface area contributed by atoms with E-state index in [1.165, 1.54) is 16.8 Å². The van der Waals surface area contributed by atoms with Gasteiger partial charge in [-0.05, 0) is 55.7 Å². The van der Waals surface area contributed by atoms with Gasteiger partial charge in [-0.1, -0.05) is 29.8 Å². The first kappa shape index (κ1) is 22.3. The lowest BCUT2D eigenvalue weighted by Crippen LogP contribution is -2.12. The molecule has 9 nitrogen and oxygen atoms in total. The lowest BCUT2D eigenvalue weighted by molar-refractivity contribution is 0.589. The Kier molecular flexibility index (Phi) is 5.45. The molecule has 0 aliphatic heterocycles. The summed E-state index contributed by atoms with van der Waals surface area (Å²) in [5, 5.41) is 14.7. The Morgan fingerprint density at radius 1 is 1.06 bits per heavy atom. The van der Waals surface area contributed by atoms with Crippen molar-refractivity contribution in [3.63, 3.8) is 0 Å². The van der Waals surface area contributed by atoms with E-state index in [0.717, 1.165) is 28.0 Å². The van der Waals surface area contributed by atoms with E-state index in [1.54, 1.807) is 42.7 Å². The Balaban J connectivity index is 1.21. The Labute approximate surface area is 208 Å². The highest BCUT2D eigenvalue weighted by Gasteiger charge is 2.25. The third kappa shape index (κ3) is 4.31. The molecular formula is C26H25N7O2S. The van der Waals surface area contributed by atoms with Crippen LogP contribution in [0.1, 0.15) is 35.6 Å². The second-order valence-electron chi connectivity index (χ2n) is 9.01. The van der Waals surface area contributed by atoms with Gasteiger partial charge in [0.05, 0.1) is 10.4 Å². The molecule has 0 radical (unpaired) electrons. The zero-order valence-corrected chi connectivity index (χ0v) is 20.5. The van der Waals surface area contributed by atoms with Crippen LogP contribution in [0.2, 0.25) is 0 Å². The third-order valence-electron chi connectivity index (χ3n) is 6.33. The number of nitrogens with one attached hydrogen (secondary N) is 3. The summed E-state index contributed by atoms with van der Waals surface area (Å²) < 4.78 is 27.8. The SMILES string of the molecule is Cc1ccc(S(=O)(=O)n2ccc3c(CNc4nccc(Nc5cc(C6CC6)[nH]n5)n4)cccc32)cc1. The Morgan fingerprint density at radius 2 is 1.89 bits per heavy atom. The molecule has 5 aromatic rings. The second-order valence-corrected chi connectivity index (χ2v) is 10.8. The van der Waals surface area contributed by atoms with Gasteiger partial charge in [0, 0.05) is 42.0 Å². The first-order valence-electron chi connectivity index (χ1n) is 11.8. The van der Waals surface area contributed by atoms with E-state index in [4.69, 9.17) is 0 Å². The number of rotatable bonds is 8. The lowest BCUT2D eigenvalue weighted by Gasteiger charge is -2.10. The standard InChI is InChI=1S/C26H25N7O2S/c1-17-5-9-20(10-6-17)36(34,35)33-14-12-21-19(3-2-4-23(21)33)16-28-26-27-13-11-24(30-26)29-25-15-22(31-32-25)18-7-8-18/h2-6,9-15,18H,7-8,16H2,1H3,(H3,27,28,29,30,31,32). The number of H-pyrrole nitrogens is 1. The fourth-order valence-electron chi connectivity index (χ4n) is 4.22. The summed E-state index contributed by atoms with van der Waals surface area (Å²) in [5.41, 5.74) is 3.72. The van der Waals surface area contributed by atoms with Crippen LogP contribution in [0.3, 0.4) is 0 Å². The lowest BCUT2D eigenvalue weighted by atomic mass is 10.1. The molecule has 3 heterocycles. The monoisotopic (exact) mass is 499 g/mol. The number of aromatic nitrogens is 5. The number of hydrogen-bond acceptors (Lipinski definition) is 7. The predicted molar refractivity (Wildman–Crippen MR) is 139 cm³/mol. The maximum absolute atomic E-state index is 13.3. The molecule has 6 rings (SSSR count). The van der Waals surface area contributed by atoms with Gasteiger partial charge >= 0.3 is 0 Å². The number of aryl methyl sites for hydroxylation is 1. The summed E-state index contributed by atoms with van der Waals surface area (Å²) in [4.78, 5) is 9.11. The van der Waals surface area contributed by atoms with E-state index in [-0.39, 0.29) is 4.90 Å². The van der Waals surface area contributed by atoms with E-state index in [9.17, 15) is 8.42 Å². The van der Waals surface area contributed by atoms with E-state index < -0.39 is 10.0 Å². The topological polar surface area (TPSA) is 118 Å². The quantitative estimate of drug-likeness (QED) is 0.277. The highest BCUT2D eigenvalue weighted by molar-refractivity contribution is 7.90. The molecular weight excluding hydrogens is 474 g/mol. The van der Waals surface area contributed by atoms with Gasteiger partial charge in [-0.15, -0.1) is 0 Å². The number of hydrogen-bond donors (Lipinski definition) is 3. The van der Waals surface area contributed by atoms with Crippen molar-refractivity contribution in [3.05, 3.63) is 89.9 Å². The van der Waals surface area contributed by atoms with E-state index in [1.807, 2.05) is 37.3 Å². The number of aromatic amines is 1. The van der Waals surface area contributed by atoms with Crippen LogP contribution in [0, 0.1) is 6.92 Å². The van der Waals surface area contributed by atoms with Gasteiger partial charge in [0.25, 0.3) is 10.0 Å².